The number of carboxylic acids is 1. The van der Waals surface area contributed by atoms with Gasteiger partial charge >= 0.3 is 11.7 Å². The number of H-pyrrole nitrogens is 1. The molecule has 0 aliphatic rings. The van der Waals surface area contributed by atoms with Crippen LogP contribution in [0, 0.1) is 0 Å². The summed E-state index contributed by atoms with van der Waals surface area (Å²) in [6.07, 6.45) is 2.88. The quantitative estimate of drug-likeness (QED) is 0.638. The van der Waals surface area contributed by atoms with Crippen molar-refractivity contribution in [2.24, 2.45) is 0 Å². The van der Waals surface area contributed by atoms with Crippen molar-refractivity contribution in [3.63, 3.8) is 0 Å². The zero-order valence-corrected chi connectivity index (χ0v) is 8.18. The van der Waals surface area contributed by atoms with E-state index in [4.69, 9.17) is 10.8 Å². The molecular weight excluding hydrogens is 210 g/mol. The van der Waals surface area contributed by atoms with E-state index in [1.165, 1.54) is 35.2 Å². The molecule has 4 N–H and O–H groups in total. The highest BCUT2D eigenvalue weighted by Gasteiger charge is 2.12. The number of aromatic carboxylic acids is 1. The minimum absolute atomic E-state index is 0.0240. The third-order valence-corrected chi connectivity index (χ3v) is 2.16. The van der Waals surface area contributed by atoms with Gasteiger partial charge in [-0.05, 0) is 18.2 Å². The lowest BCUT2D eigenvalue weighted by Gasteiger charge is -2.06. The van der Waals surface area contributed by atoms with Gasteiger partial charge in [0, 0.05) is 18.1 Å². The van der Waals surface area contributed by atoms with Crippen LogP contribution in [0.15, 0.2) is 35.4 Å². The lowest BCUT2D eigenvalue weighted by molar-refractivity contribution is 0.0697. The fourth-order valence-corrected chi connectivity index (χ4v) is 1.44. The molecule has 82 valence electrons. The van der Waals surface area contributed by atoms with Crippen molar-refractivity contribution in [3.8, 4) is 5.69 Å². The van der Waals surface area contributed by atoms with Crippen LogP contribution >= 0.6 is 0 Å². The Kier molecular flexibility index (Phi) is 2.24. The highest BCUT2D eigenvalue weighted by Crippen LogP contribution is 2.16. The Morgan fingerprint density at radius 1 is 1.44 bits per heavy atom. The largest absolute Gasteiger partial charge is 0.478 e. The van der Waals surface area contributed by atoms with Crippen LogP contribution in [0.1, 0.15) is 10.4 Å². The van der Waals surface area contributed by atoms with E-state index in [2.05, 4.69) is 4.98 Å². The maximum absolute atomic E-state index is 11.4. The minimum Gasteiger partial charge on any atom is -0.478 e. The van der Waals surface area contributed by atoms with Crippen LogP contribution in [0.3, 0.4) is 0 Å². The number of rotatable bonds is 2. The van der Waals surface area contributed by atoms with E-state index in [-0.39, 0.29) is 11.3 Å². The highest BCUT2D eigenvalue weighted by atomic mass is 16.4. The molecule has 0 saturated heterocycles. The molecule has 0 aliphatic heterocycles. The molecule has 16 heavy (non-hydrogen) atoms. The Morgan fingerprint density at radius 2 is 2.19 bits per heavy atom. The number of imidazole rings is 1. The summed E-state index contributed by atoms with van der Waals surface area (Å²) in [5.74, 6) is -1.11. The van der Waals surface area contributed by atoms with Gasteiger partial charge in [0.2, 0.25) is 0 Å². The molecule has 6 nitrogen and oxygen atoms in total. The lowest BCUT2D eigenvalue weighted by atomic mass is 10.1. The summed E-state index contributed by atoms with van der Waals surface area (Å²) in [6, 6.07) is 4.29. The number of carboxylic acid groups (broad SMARTS) is 1. The minimum atomic E-state index is -1.11. The van der Waals surface area contributed by atoms with E-state index in [1.54, 1.807) is 0 Å². The molecule has 1 aromatic carbocycles. The molecule has 0 bridgehead atoms. The standard InChI is InChI=1S/C10H9N3O3/c11-6-1-2-7(9(14)15)8(5-6)13-4-3-12-10(13)16/h1-5H,11H2,(H,12,16)(H,14,15). The second kappa shape index (κ2) is 3.58. The lowest BCUT2D eigenvalue weighted by Crippen LogP contribution is -2.17. The van der Waals surface area contributed by atoms with E-state index in [0.29, 0.717) is 5.69 Å². The average Bonchev–Trinajstić information content (AvgIpc) is 2.63. The fourth-order valence-electron chi connectivity index (χ4n) is 1.44. The van der Waals surface area contributed by atoms with Crippen LogP contribution in [-0.2, 0) is 0 Å². The van der Waals surface area contributed by atoms with Gasteiger partial charge in [-0.15, -0.1) is 0 Å². The van der Waals surface area contributed by atoms with Gasteiger partial charge < -0.3 is 15.8 Å². The van der Waals surface area contributed by atoms with E-state index in [0.717, 1.165) is 0 Å². The van der Waals surface area contributed by atoms with Crippen molar-refractivity contribution < 1.29 is 9.90 Å². The van der Waals surface area contributed by atoms with Crippen molar-refractivity contribution in [1.29, 1.82) is 0 Å². The first-order valence-electron chi connectivity index (χ1n) is 4.49. The number of aromatic nitrogens is 2. The molecule has 1 aromatic heterocycles. The first-order valence-corrected chi connectivity index (χ1v) is 4.49. The summed E-state index contributed by atoms with van der Waals surface area (Å²) in [6.45, 7) is 0. The molecule has 0 unspecified atom stereocenters. The summed E-state index contributed by atoms with van der Waals surface area (Å²) in [5, 5.41) is 8.98. The predicted octanol–water partition coefficient (Wildman–Crippen LogP) is 0.446. The third kappa shape index (κ3) is 1.56. The fraction of sp³-hybridized carbons (Fsp3) is 0. The molecule has 2 aromatic rings. The van der Waals surface area contributed by atoms with Crippen LogP contribution in [0.25, 0.3) is 5.69 Å². The smallest absolute Gasteiger partial charge is 0.337 e. The maximum Gasteiger partial charge on any atom is 0.337 e. The molecule has 6 heteroatoms. The third-order valence-electron chi connectivity index (χ3n) is 2.16. The van der Waals surface area contributed by atoms with Crippen molar-refractivity contribution in [3.05, 3.63) is 46.6 Å². The monoisotopic (exact) mass is 219 g/mol. The first kappa shape index (κ1) is 10.0. The van der Waals surface area contributed by atoms with Crippen LogP contribution < -0.4 is 11.4 Å². The predicted molar refractivity (Wildman–Crippen MR) is 57.8 cm³/mol. The Balaban J connectivity index is 2.72. The zero-order chi connectivity index (χ0) is 11.7. The van der Waals surface area contributed by atoms with Gasteiger partial charge in [-0.3, -0.25) is 4.57 Å². The van der Waals surface area contributed by atoms with Gasteiger partial charge in [0.1, 0.15) is 0 Å². The van der Waals surface area contributed by atoms with E-state index >= 15 is 0 Å². The normalized spacial score (nSPS) is 10.2. The summed E-state index contributed by atoms with van der Waals surface area (Å²) in [5.41, 5.74) is 5.83. The van der Waals surface area contributed by atoms with Crippen molar-refractivity contribution in [1.82, 2.24) is 9.55 Å². The Labute approximate surface area is 89.9 Å². The molecular formula is C10H9N3O3. The molecule has 0 spiro atoms. The summed E-state index contributed by atoms with van der Waals surface area (Å²) >= 11 is 0. The SMILES string of the molecule is Nc1ccc(C(=O)O)c(-n2cc[nH]c2=O)c1. The number of anilines is 1. The van der Waals surface area contributed by atoms with Gasteiger partial charge in [0.05, 0.1) is 11.3 Å². The first-order chi connectivity index (χ1) is 7.59. The van der Waals surface area contributed by atoms with Crippen LogP contribution in [0.5, 0.6) is 0 Å². The molecule has 0 atom stereocenters. The van der Waals surface area contributed by atoms with Gasteiger partial charge in [0.15, 0.2) is 0 Å². The zero-order valence-electron chi connectivity index (χ0n) is 8.18. The number of nitrogens with one attached hydrogen (secondary N) is 1. The number of nitrogens with zero attached hydrogens (tertiary/aromatic N) is 1. The number of hydrogen-bond donors (Lipinski definition) is 3. The van der Waals surface area contributed by atoms with E-state index in [1.807, 2.05) is 0 Å². The summed E-state index contributed by atoms with van der Waals surface area (Å²) in [4.78, 5) is 24.8. The Morgan fingerprint density at radius 3 is 2.75 bits per heavy atom. The van der Waals surface area contributed by atoms with Crippen molar-refractivity contribution in [2.45, 2.75) is 0 Å². The van der Waals surface area contributed by atoms with Crippen molar-refractivity contribution >= 4 is 11.7 Å². The topological polar surface area (TPSA) is 101 Å². The number of benzene rings is 1. The van der Waals surface area contributed by atoms with E-state index in [9.17, 15) is 9.59 Å². The van der Waals surface area contributed by atoms with E-state index < -0.39 is 11.7 Å². The Bertz CT molecular complexity index is 597. The highest BCUT2D eigenvalue weighted by molar-refractivity contribution is 5.92. The van der Waals surface area contributed by atoms with Crippen LogP contribution in [0.4, 0.5) is 5.69 Å². The number of carbonyl (C=O) groups is 1. The number of nitrogen functional groups attached to an aromatic ring is 1. The Hall–Kier alpha value is -2.50. The van der Waals surface area contributed by atoms with Gasteiger partial charge in [-0.25, -0.2) is 9.59 Å². The van der Waals surface area contributed by atoms with Gasteiger partial charge in [0.25, 0.3) is 0 Å². The molecule has 0 aliphatic carbocycles. The molecule has 0 fully saturated rings. The maximum atomic E-state index is 11.4. The van der Waals surface area contributed by atoms with Crippen LogP contribution in [0.2, 0.25) is 0 Å². The van der Waals surface area contributed by atoms with Crippen molar-refractivity contribution in [2.75, 3.05) is 5.73 Å². The van der Waals surface area contributed by atoms with Gasteiger partial charge in [-0.1, -0.05) is 0 Å². The molecule has 0 saturated carbocycles. The number of hydrogen-bond acceptors (Lipinski definition) is 3. The second-order valence-corrected chi connectivity index (χ2v) is 3.22. The number of nitrogens with two attached hydrogens (primary N) is 1. The number of aromatic amines is 1. The second-order valence-electron chi connectivity index (χ2n) is 3.22. The molecule has 0 radical (unpaired) electrons. The molecule has 0 amide bonds. The molecule has 1 heterocycles. The summed E-state index contributed by atoms with van der Waals surface area (Å²) in [7, 11) is 0. The van der Waals surface area contributed by atoms with Gasteiger partial charge in [-0.2, -0.15) is 0 Å². The average molecular weight is 219 g/mol. The molecule has 2 rings (SSSR count). The van der Waals surface area contributed by atoms with Crippen LogP contribution in [-0.4, -0.2) is 20.6 Å². The summed E-state index contributed by atoms with van der Waals surface area (Å²) < 4.78 is 1.19.